The second-order valence-electron chi connectivity index (χ2n) is 5.71. The number of benzene rings is 1. The van der Waals surface area contributed by atoms with E-state index in [0.717, 1.165) is 12.0 Å². The van der Waals surface area contributed by atoms with Crippen LogP contribution in [0.1, 0.15) is 44.1 Å². The molecule has 3 atom stereocenters. The number of carboxylic acid groups (broad SMARTS) is 1. The molecule has 114 valence electrons. The maximum absolute atomic E-state index is 13.2. The van der Waals surface area contributed by atoms with Crippen LogP contribution in [0.3, 0.4) is 0 Å². The molecule has 0 aliphatic heterocycles. The van der Waals surface area contributed by atoms with Crippen LogP contribution in [-0.2, 0) is 9.59 Å². The lowest BCUT2D eigenvalue weighted by Crippen LogP contribution is -2.40. The molecular formula is C16H20FNO3. The van der Waals surface area contributed by atoms with Gasteiger partial charge in [0.1, 0.15) is 5.82 Å². The van der Waals surface area contributed by atoms with Crippen molar-refractivity contribution in [3.05, 3.63) is 35.6 Å². The highest BCUT2D eigenvalue weighted by atomic mass is 19.1. The van der Waals surface area contributed by atoms with Crippen molar-refractivity contribution in [3.63, 3.8) is 0 Å². The molecular weight excluding hydrogens is 273 g/mol. The highest BCUT2D eigenvalue weighted by Crippen LogP contribution is 2.26. The summed E-state index contributed by atoms with van der Waals surface area (Å²) in [6.45, 7) is 1.86. The number of carboxylic acids is 1. The summed E-state index contributed by atoms with van der Waals surface area (Å²) in [5, 5.41) is 11.9. The van der Waals surface area contributed by atoms with Crippen molar-refractivity contribution in [2.75, 3.05) is 0 Å². The van der Waals surface area contributed by atoms with Crippen LogP contribution in [0.15, 0.2) is 24.3 Å². The van der Waals surface area contributed by atoms with Gasteiger partial charge in [-0.15, -0.1) is 0 Å². The third-order valence-electron chi connectivity index (χ3n) is 4.09. The van der Waals surface area contributed by atoms with Crippen LogP contribution in [0.2, 0.25) is 0 Å². The van der Waals surface area contributed by atoms with Crippen molar-refractivity contribution >= 4 is 11.9 Å². The molecule has 5 heteroatoms. The molecule has 1 fully saturated rings. The monoisotopic (exact) mass is 293 g/mol. The fourth-order valence-corrected chi connectivity index (χ4v) is 2.90. The van der Waals surface area contributed by atoms with Crippen LogP contribution in [0.5, 0.6) is 0 Å². The molecule has 21 heavy (non-hydrogen) atoms. The average molecular weight is 293 g/mol. The summed E-state index contributed by atoms with van der Waals surface area (Å²) in [6.07, 6.45) is 2.37. The number of nitrogens with one attached hydrogen (secondary N) is 1. The Morgan fingerprint density at radius 1 is 1.43 bits per heavy atom. The van der Waals surface area contributed by atoms with Gasteiger partial charge < -0.3 is 10.4 Å². The minimum Gasteiger partial charge on any atom is -0.481 e. The van der Waals surface area contributed by atoms with E-state index in [0.29, 0.717) is 12.8 Å². The second kappa shape index (κ2) is 6.70. The summed E-state index contributed by atoms with van der Waals surface area (Å²) in [6, 6.07) is 5.92. The standard InChI is InChI=1S/C16H20FNO3/c1-10(11-4-2-5-12(17)9-11)8-15(19)18-14-7-3-6-13(14)16(20)21/h2,4-5,9-10,13-14H,3,6-8H2,1H3,(H,18,19)(H,20,21)/t10?,13-,14+/m0/s1. The average Bonchev–Trinajstić information content (AvgIpc) is 2.86. The zero-order chi connectivity index (χ0) is 15.4. The molecule has 0 spiro atoms. The van der Waals surface area contributed by atoms with Gasteiger partial charge in [-0.25, -0.2) is 4.39 Å². The molecule has 0 bridgehead atoms. The van der Waals surface area contributed by atoms with Gasteiger partial charge in [0.05, 0.1) is 5.92 Å². The largest absolute Gasteiger partial charge is 0.481 e. The summed E-state index contributed by atoms with van der Waals surface area (Å²) >= 11 is 0. The van der Waals surface area contributed by atoms with Crippen LogP contribution in [0.25, 0.3) is 0 Å². The fourth-order valence-electron chi connectivity index (χ4n) is 2.90. The van der Waals surface area contributed by atoms with Gasteiger partial charge in [0.2, 0.25) is 5.91 Å². The summed E-state index contributed by atoms with van der Waals surface area (Å²) < 4.78 is 13.2. The Morgan fingerprint density at radius 3 is 2.86 bits per heavy atom. The molecule has 1 aliphatic carbocycles. The maximum atomic E-state index is 13.2. The third-order valence-corrected chi connectivity index (χ3v) is 4.09. The highest BCUT2D eigenvalue weighted by Gasteiger charge is 2.33. The molecule has 2 N–H and O–H groups in total. The molecule has 0 saturated heterocycles. The van der Waals surface area contributed by atoms with Gasteiger partial charge in [-0.2, -0.15) is 0 Å². The molecule has 1 saturated carbocycles. The van der Waals surface area contributed by atoms with E-state index in [2.05, 4.69) is 5.32 Å². The van der Waals surface area contributed by atoms with E-state index in [1.54, 1.807) is 12.1 Å². The Morgan fingerprint density at radius 2 is 2.19 bits per heavy atom. The normalized spacial score (nSPS) is 22.8. The Kier molecular flexibility index (Phi) is 4.94. The quantitative estimate of drug-likeness (QED) is 0.877. The topological polar surface area (TPSA) is 66.4 Å². The van der Waals surface area contributed by atoms with Crippen LogP contribution >= 0.6 is 0 Å². The first-order valence-corrected chi connectivity index (χ1v) is 7.25. The molecule has 0 aromatic heterocycles. The summed E-state index contributed by atoms with van der Waals surface area (Å²) in [5.74, 6) is -1.94. The minimum absolute atomic E-state index is 0.106. The van der Waals surface area contributed by atoms with Gasteiger partial charge in [-0.3, -0.25) is 9.59 Å². The van der Waals surface area contributed by atoms with Crippen LogP contribution in [0.4, 0.5) is 4.39 Å². The van der Waals surface area contributed by atoms with Gasteiger partial charge in [-0.1, -0.05) is 25.5 Å². The van der Waals surface area contributed by atoms with E-state index in [1.807, 2.05) is 6.92 Å². The number of carbonyl (C=O) groups excluding carboxylic acids is 1. The first-order valence-electron chi connectivity index (χ1n) is 7.25. The van der Waals surface area contributed by atoms with Crippen molar-refractivity contribution in [3.8, 4) is 0 Å². The summed E-state index contributed by atoms with van der Waals surface area (Å²) in [7, 11) is 0. The Hall–Kier alpha value is -1.91. The Labute approximate surface area is 123 Å². The van der Waals surface area contributed by atoms with Crippen LogP contribution in [0, 0.1) is 11.7 Å². The zero-order valence-electron chi connectivity index (χ0n) is 12.0. The number of halogens is 1. The van der Waals surface area contributed by atoms with E-state index < -0.39 is 11.9 Å². The Balaban J connectivity index is 1.91. The predicted octanol–water partition coefficient (Wildman–Crippen LogP) is 2.69. The number of aliphatic carboxylic acids is 1. The van der Waals surface area contributed by atoms with E-state index in [9.17, 15) is 14.0 Å². The number of amides is 1. The first kappa shape index (κ1) is 15.5. The van der Waals surface area contributed by atoms with E-state index in [4.69, 9.17) is 5.11 Å². The van der Waals surface area contributed by atoms with Gasteiger partial charge in [0.15, 0.2) is 0 Å². The zero-order valence-corrected chi connectivity index (χ0v) is 12.0. The second-order valence-corrected chi connectivity index (χ2v) is 5.71. The van der Waals surface area contributed by atoms with Crippen molar-refractivity contribution in [2.24, 2.45) is 5.92 Å². The van der Waals surface area contributed by atoms with E-state index >= 15 is 0 Å². The smallest absolute Gasteiger partial charge is 0.308 e. The SMILES string of the molecule is CC(CC(=O)N[C@@H]1CCC[C@@H]1C(=O)O)c1cccc(F)c1. The van der Waals surface area contributed by atoms with Crippen LogP contribution in [-0.4, -0.2) is 23.0 Å². The molecule has 0 radical (unpaired) electrons. The van der Waals surface area contributed by atoms with Gasteiger partial charge in [0.25, 0.3) is 0 Å². The third kappa shape index (κ3) is 4.03. The van der Waals surface area contributed by atoms with Gasteiger partial charge in [-0.05, 0) is 36.5 Å². The van der Waals surface area contributed by atoms with Gasteiger partial charge >= 0.3 is 5.97 Å². The first-order chi connectivity index (χ1) is 9.97. The van der Waals surface area contributed by atoms with Crippen LogP contribution < -0.4 is 5.32 Å². The number of carbonyl (C=O) groups is 2. The summed E-state index contributed by atoms with van der Waals surface area (Å²) in [5.41, 5.74) is 0.770. The van der Waals surface area contributed by atoms with Crippen molar-refractivity contribution in [2.45, 2.75) is 44.6 Å². The lowest BCUT2D eigenvalue weighted by molar-refractivity contribution is -0.142. The van der Waals surface area contributed by atoms with Gasteiger partial charge in [0, 0.05) is 12.5 Å². The Bertz CT molecular complexity index is 532. The van der Waals surface area contributed by atoms with E-state index in [1.165, 1.54) is 12.1 Å². The summed E-state index contributed by atoms with van der Waals surface area (Å²) in [4.78, 5) is 23.1. The molecule has 2 rings (SSSR count). The lowest BCUT2D eigenvalue weighted by Gasteiger charge is -2.19. The van der Waals surface area contributed by atoms with Crippen molar-refractivity contribution < 1.29 is 19.1 Å². The molecule has 0 heterocycles. The lowest BCUT2D eigenvalue weighted by atomic mass is 9.96. The highest BCUT2D eigenvalue weighted by molar-refractivity contribution is 5.79. The minimum atomic E-state index is -0.851. The number of rotatable bonds is 5. The molecule has 1 aromatic carbocycles. The predicted molar refractivity (Wildman–Crippen MR) is 76.3 cm³/mol. The molecule has 1 unspecified atom stereocenters. The molecule has 4 nitrogen and oxygen atoms in total. The van der Waals surface area contributed by atoms with Crippen molar-refractivity contribution in [1.29, 1.82) is 0 Å². The molecule has 1 aromatic rings. The number of hydrogen-bond donors (Lipinski definition) is 2. The molecule has 1 amide bonds. The van der Waals surface area contributed by atoms with E-state index in [-0.39, 0.29) is 30.1 Å². The van der Waals surface area contributed by atoms with Crippen molar-refractivity contribution in [1.82, 2.24) is 5.32 Å². The molecule has 1 aliphatic rings. The maximum Gasteiger partial charge on any atom is 0.308 e. The fraction of sp³-hybridized carbons (Fsp3) is 0.500. The number of hydrogen-bond acceptors (Lipinski definition) is 2.